The Kier molecular flexibility index (Phi) is 10.3. The molecule has 0 radical (unpaired) electrons. The number of rotatable bonds is 15. The zero-order chi connectivity index (χ0) is 30.9. The smallest absolute Gasteiger partial charge is 0.245 e. The molecule has 1 amide bonds. The Bertz CT molecular complexity index is 1650. The fourth-order valence-corrected chi connectivity index (χ4v) is 5.49. The van der Waals surface area contributed by atoms with Crippen LogP contribution in [-0.2, 0) is 24.3 Å². The summed E-state index contributed by atoms with van der Waals surface area (Å²) in [5.74, 6) is 0.0854. The molecule has 1 saturated heterocycles. The molecule has 5 rings (SSSR count). The van der Waals surface area contributed by atoms with Crippen molar-refractivity contribution in [3.05, 3.63) is 66.9 Å². The van der Waals surface area contributed by atoms with E-state index in [0.29, 0.717) is 38.1 Å². The standard InChI is InChI=1S/C30H38N8O5S/c1-44(40,41)35-25-4-2-3-23(21-25)28-10-9-27-22-32-30(34-38(27)28)33-24-5-7-26(8-6-24)37-14-12-36(13-15-37)16-18-43-20-19-42-17-11-29(31)39/h2-10,21-22,35H,11-20H2,1H3,(H2,31,39)(H,33,34). The number of fused-ring (bicyclic) bond motifs is 1. The Hall–Kier alpha value is -4.24. The SMILES string of the molecule is CS(=O)(=O)Nc1cccc(-c2ccc3cnc(Nc4ccc(N5CCN(CCOCCOCCC(N)=O)CC5)cc4)nn23)c1. The molecule has 2 aromatic heterocycles. The molecule has 4 aromatic rings. The molecule has 0 aliphatic carbocycles. The third kappa shape index (κ3) is 8.89. The Labute approximate surface area is 257 Å². The van der Waals surface area contributed by atoms with Crippen molar-refractivity contribution in [3.63, 3.8) is 0 Å². The summed E-state index contributed by atoms with van der Waals surface area (Å²) in [6.07, 6.45) is 3.11. The fourth-order valence-electron chi connectivity index (χ4n) is 4.94. The van der Waals surface area contributed by atoms with E-state index >= 15 is 0 Å². The average molecular weight is 623 g/mol. The summed E-state index contributed by atoms with van der Waals surface area (Å²) >= 11 is 0. The van der Waals surface area contributed by atoms with Crippen molar-refractivity contribution < 1.29 is 22.7 Å². The van der Waals surface area contributed by atoms with Crippen molar-refractivity contribution in [2.45, 2.75) is 6.42 Å². The maximum atomic E-state index is 11.7. The third-order valence-corrected chi connectivity index (χ3v) is 7.74. The number of nitrogens with two attached hydrogens (primary N) is 1. The van der Waals surface area contributed by atoms with Crippen LogP contribution < -0.4 is 20.7 Å². The molecule has 0 saturated carbocycles. The largest absolute Gasteiger partial charge is 0.379 e. The van der Waals surface area contributed by atoms with Gasteiger partial charge in [0.25, 0.3) is 0 Å². The van der Waals surface area contributed by atoms with Gasteiger partial charge in [0.15, 0.2) is 0 Å². The Morgan fingerprint density at radius 3 is 2.41 bits per heavy atom. The van der Waals surface area contributed by atoms with E-state index in [1.807, 2.05) is 30.3 Å². The summed E-state index contributed by atoms with van der Waals surface area (Å²) in [5.41, 5.74) is 10.1. The van der Waals surface area contributed by atoms with E-state index in [9.17, 15) is 13.2 Å². The number of carbonyl (C=O) groups is 1. The molecule has 234 valence electrons. The van der Waals surface area contributed by atoms with Gasteiger partial charge in [-0.2, -0.15) is 0 Å². The number of hydrogen-bond donors (Lipinski definition) is 3. The minimum absolute atomic E-state index is 0.233. The Morgan fingerprint density at radius 2 is 1.68 bits per heavy atom. The maximum Gasteiger partial charge on any atom is 0.245 e. The number of nitrogens with one attached hydrogen (secondary N) is 2. The van der Waals surface area contributed by atoms with Gasteiger partial charge in [-0.15, -0.1) is 5.10 Å². The molecule has 2 aromatic carbocycles. The molecule has 14 heteroatoms. The molecule has 44 heavy (non-hydrogen) atoms. The van der Waals surface area contributed by atoms with Crippen molar-refractivity contribution in [1.82, 2.24) is 19.5 Å². The summed E-state index contributed by atoms with van der Waals surface area (Å²) in [5, 5.41) is 7.98. The number of sulfonamides is 1. The van der Waals surface area contributed by atoms with Gasteiger partial charge in [-0.1, -0.05) is 12.1 Å². The first-order valence-corrected chi connectivity index (χ1v) is 16.3. The van der Waals surface area contributed by atoms with Crippen molar-refractivity contribution in [2.24, 2.45) is 5.73 Å². The Morgan fingerprint density at radius 1 is 0.932 bits per heavy atom. The third-order valence-electron chi connectivity index (χ3n) is 7.14. The van der Waals surface area contributed by atoms with Gasteiger partial charge >= 0.3 is 0 Å². The normalized spacial score (nSPS) is 14.2. The lowest BCUT2D eigenvalue weighted by Gasteiger charge is -2.36. The molecular weight excluding hydrogens is 584 g/mol. The molecule has 1 aliphatic heterocycles. The summed E-state index contributed by atoms with van der Waals surface area (Å²) in [6.45, 7) is 6.59. The number of ether oxygens (including phenoxy) is 2. The number of primary amides is 1. The lowest BCUT2D eigenvalue weighted by molar-refractivity contribution is -0.119. The molecule has 4 N–H and O–H groups in total. The number of carbonyl (C=O) groups excluding carboxylic acids is 1. The van der Waals surface area contributed by atoms with Gasteiger partial charge in [0.2, 0.25) is 21.9 Å². The highest BCUT2D eigenvalue weighted by Gasteiger charge is 2.17. The summed E-state index contributed by atoms with van der Waals surface area (Å²) in [4.78, 5) is 19.9. The number of nitrogens with zero attached hydrogens (tertiary/aromatic N) is 5. The Balaban J connectivity index is 1.11. The van der Waals surface area contributed by atoms with E-state index in [-0.39, 0.29) is 12.3 Å². The van der Waals surface area contributed by atoms with Crippen LogP contribution in [0, 0.1) is 0 Å². The topological polar surface area (TPSA) is 156 Å². The van der Waals surface area contributed by atoms with Crippen LogP contribution in [0.4, 0.5) is 23.0 Å². The second kappa shape index (κ2) is 14.5. The van der Waals surface area contributed by atoms with Crippen LogP contribution in [0.3, 0.4) is 0 Å². The highest BCUT2D eigenvalue weighted by molar-refractivity contribution is 7.92. The second-order valence-electron chi connectivity index (χ2n) is 10.5. The first-order chi connectivity index (χ1) is 21.2. The summed E-state index contributed by atoms with van der Waals surface area (Å²) in [6, 6.07) is 19.3. The van der Waals surface area contributed by atoms with Crippen LogP contribution in [0.15, 0.2) is 66.9 Å². The molecule has 1 aliphatic rings. The van der Waals surface area contributed by atoms with Crippen LogP contribution in [0.2, 0.25) is 0 Å². The molecule has 3 heterocycles. The zero-order valence-corrected chi connectivity index (χ0v) is 25.5. The first kappa shape index (κ1) is 31.2. The second-order valence-corrected chi connectivity index (χ2v) is 12.3. The highest BCUT2D eigenvalue weighted by atomic mass is 32.2. The quantitative estimate of drug-likeness (QED) is 0.168. The number of anilines is 4. The van der Waals surface area contributed by atoms with E-state index in [0.717, 1.165) is 67.1 Å². The van der Waals surface area contributed by atoms with Gasteiger partial charge in [0, 0.05) is 61.8 Å². The highest BCUT2D eigenvalue weighted by Crippen LogP contribution is 2.26. The van der Waals surface area contributed by atoms with E-state index < -0.39 is 10.0 Å². The number of piperazine rings is 1. The maximum absolute atomic E-state index is 11.7. The van der Waals surface area contributed by atoms with Crippen molar-refractivity contribution in [3.8, 4) is 11.3 Å². The van der Waals surface area contributed by atoms with Gasteiger partial charge in [0.1, 0.15) is 0 Å². The van der Waals surface area contributed by atoms with Crippen LogP contribution >= 0.6 is 0 Å². The summed E-state index contributed by atoms with van der Waals surface area (Å²) < 4.78 is 38.6. The van der Waals surface area contributed by atoms with Gasteiger partial charge in [0.05, 0.1) is 50.1 Å². The molecule has 13 nitrogen and oxygen atoms in total. The van der Waals surface area contributed by atoms with E-state index in [2.05, 4.69) is 37.0 Å². The average Bonchev–Trinajstić information content (AvgIpc) is 3.42. The number of benzene rings is 2. The monoisotopic (exact) mass is 622 g/mol. The van der Waals surface area contributed by atoms with Gasteiger partial charge < -0.3 is 25.4 Å². The van der Waals surface area contributed by atoms with Crippen LogP contribution in [-0.4, -0.2) is 99.2 Å². The van der Waals surface area contributed by atoms with Crippen molar-refractivity contribution in [2.75, 3.05) is 80.3 Å². The van der Waals surface area contributed by atoms with E-state index in [1.165, 1.54) is 0 Å². The molecule has 0 atom stereocenters. The summed E-state index contributed by atoms with van der Waals surface area (Å²) in [7, 11) is -3.38. The number of hydrogen-bond acceptors (Lipinski definition) is 10. The number of aromatic nitrogens is 3. The van der Waals surface area contributed by atoms with E-state index in [1.54, 1.807) is 28.9 Å². The predicted molar refractivity (Wildman–Crippen MR) is 171 cm³/mol. The fraction of sp³-hybridized carbons (Fsp3) is 0.367. The lowest BCUT2D eigenvalue weighted by atomic mass is 10.1. The minimum atomic E-state index is -3.38. The lowest BCUT2D eigenvalue weighted by Crippen LogP contribution is -2.47. The molecule has 0 spiro atoms. The molecule has 0 bridgehead atoms. The van der Waals surface area contributed by atoms with Gasteiger partial charge in [-0.25, -0.2) is 17.9 Å². The van der Waals surface area contributed by atoms with Gasteiger partial charge in [-0.05, 0) is 48.5 Å². The number of amides is 1. The first-order valence-electron chi connectivity index (χ1n) is 14.4. The van der Waals surface area contributed by atoms with Crippen molar-refractivity contribution in [1.29, 1.82) is 0 Å². The minimum Gasteiger partial charge on any atom is -0.379 e. The molecule has 1 fully saturated rings. The molecule has 0 unspecified atom stereocenters. The predicted octanol–water partition coefficient (Wildman–Crippen LogP) is 2.54. The van der Waals surface area contributed by atoms with Crippen LogP contribution in [0.25, 0.3) is 16.8 Å². The van der Waals surface area contributed by atoms with Gasteiger partial charge in [-0.3, -0.25) is 14.4 Å². The molecular formula is C30H38N8O5S. The van der Waals surface area contributed by atoms with Crippen molar-refractivity contribution >= 4 is 44.5 Å². The van der Waals surface area contributed by atoms with Crippen LogP contribution in [0.5, 0.6) is 0 Å². The van der Waals surface area contributed by atoms with Crippen LogP contribution in [0.1, 0.15) is 6.42 Å². The zero-order valence-electron chi connectivity index (χ0n) is 24.7. The van der Waals surface area contributed by atoms with E-state index in [4.69, 9.17) is 20.3 Å².